The first-order chi connectivity index (χ1) is 9.61. The molecule has 4 heteroatoms. The van der Waals surface area contributed by atoms with Gasteiger partial charge in [-0.3, -0.25) is 9.69 Å². The van der Waals surface area contributed by atoms with Crippen LogP contribution in [0.4, 0.5) is 0 Å². The predicted octanol–water partition coefficient (Wildman–Crippen LogP) is 3.03. The average molecular weight is 385 g/mol. The summed E-state index contributed by atoms with van der Waals surface area (Å²) in [7, 11) is 3.66. The van der Waals surface area contributed by atoms with E-state index < -0.39 is 0 Å². The zero-order valence-electron chi connectivity index (χ0n) is 11.9. The van der Waals surface area contributed by atoms with Gasteiger partial charge in [0.1, 0.15) is 0 Å². The smallest absolute Gasteiger partial charge is 0.310 e. The molecule has 1 unspecified atom stereocenters. The van der Waals surface area contributed by atoms with Crippen molar-refractivity contribution in [2.45, 2.75) is 37.3 Å². The molecule has 20 heavy (non-hydrogen) atoms. The first kappa shape index (κ1) is 14.3. The second-order valence-corrected chi connectivity index (χ2v) is 7.15. The minimum absolute atomic E-state index is 0.0242. The van der Waals surface area contributed by atoms with E-state index in [1.165, 1.54) is 22.7 Å². The summed E-state index contributed by atoms with van der Waals surface area (Å²) < 4.78 is 6.33. The Kier molecular flexibility index (Phi) is 4.04. The van der Waals surface area contributed by atoms with Crippen LogP contribution in [0.15, 0.2) is 24.3 Å². The fourth-order valence-electron chi connectivity index (χ4n) is 3.98. The van der Waals surface area contributed by atoms with Gasteiger partial charge in [0, 0.05) is 21.6 Å². The summed E-state index contributed by atoms with van der Waals surface area (Å²) in [5.74, 6) is 0.225. The maximum atomic E-state index is 12.3. The van der Waals surface area contributed by atoms with Crippen LogP contribution >= 0.6 is 22.6 Å². The summed E-state index contributed by atoms with van der Waals surface area (Å²) in [6.45, 7) is 0. The SMILES string of the molecule is COC(=O)[C@H]1C(c2ccc(I)cc2)C[C@@H]2CC[C@H]1N2C. The Morgan fingerprint density at radius 1 is 1.30 bits per heavy atom. The highest BCUT2D eigenvalue weighted by Crippen LogP contribution is 2.46. The second-order valence-electron chi connectivity index (χ2n) is 5.91. The molecule has 2 bridgehead atoms. The van der Waals surface area contributed by atoms with Crippen molar-refractivity contribution in [2.24, 2.45) is 5.92 Å². The molecule has 1 aromatic rings. The summed E-state index contributed by atoms with van der Waals surface area (Å²) in [5.41, 5.74) is 1.28. The number of rotatable bonds is 2. The molecule has 2 fully saturated rings. The van der Waals surface area contributed by atoms with Crippen LogP contribution in [0.5, 0.6) is 0 Å². The normalized spacial score (nSPS) is 33.1. The first-order valence-electron chi connectivity index (χ1n) is 7.17. The van der Waals surface area contributed by atoms with Crippen molar-refractivity contribution < 1.29 is 9.53 Å². The number of carbonyl (C=O) groups is 1. The molecule has 4 atom stereocenters. The molecule has 0 saturated carbocycles. The highest BCUT2D eigenvalue weighted by molar-refractivity contribution is 14.1. The summed E-state index contributed by atoms with van der Waals surface area (Å²) in [6, 6.07) is 9.56. The number of methoxy groups -OCH3 is 1. The van der Waals surface area contributed by atoms with Gasteiger partial charge in [-0.05, 0) is 66.6 Å². The summed E-state index contributed by atoms with van der Waals surface area (Å²) >= 11 is 2.32. The van der Waals surface area contributed by atoms with Crippen LogP contribution in [0, 0.1) is 9.49 Å². The number of hydrogen-bond acceptors (Lipinski definition) is 3. The third-order valence-corrected chi connectivity index (χ3v) is 5.76. The fourth-order valence-corrected chi connectivity index (χ4v) is 4.34. The zero-order valence-corrected chi connectivity index (χ0v) is 14.0. The maximum absolute atomic E-state index is 12.3. The highest BCUT2D eigenvalue weighted by atomic mass is 127. The molecule has 2 aliphatic rings. The lowest BCUT2D eigenvalue weighted by atomic mass is 9.76. The lowest BCUT2D eigenvalue weighted by molar-refractivity contribution is -0.150. The van der Waals surface area contributed by atoms with Crippen LogP contribution < -0.4 is 0 Å². The van der Waals surface area contributed by atoms with Gasteiger partial charge in [0.25, 0.3) is 0 Å². The van der Waals surface area contributed by atoms with E-state index in [1.54, 1.807) is 0 Å². The second kappa shape index (κ2) is 5.64. The Morgan fingerprint density at radius 3 is 2.65 bits per heavy atom. The van der Waals surface area contributed by atoms with Crippen molar-refractivity contribution in [3.8, 4) is 0 Å². The lowest BCUT2D eigenvalue weighted by Crippen LogP contribution is -2.49. The number of hydrogen-bond donors (Lipinski definition) is 0. The van der Waals surface area contributed by atoms with Gasteiger partial charge in [-0.15, -0.1) is 0 Å². The van der Waals surface area contributed by atoms with Gasteiger partial charge < -0.3 is 4.74 Å². The molecule has 2 aliphatic heterocycles. The van der Waals surface area contributed by atoms with Crippen molar-refractivity contribution in [3.05, 3.63) is 33.4 Å². The molecule has 2 saturated heterocycles. The highest BCUT2D eigenvalue weighted by Gasteiger charge is 2.49. The minimum atomic E-state index is -0.0502. The van der Waals surface area contributed by atoms with Gasteiger partial charge in [0.2, 0.25) is 0 Å². The van der Waals surface area contributed by atoms with Gasteiger partial charge in [-0.1, -0.05) is 12.1 Å². The van der Waals surface area contributed by atoms with Crippen LogP contribution in [0.25, 0.3) is 0 Å². The number of halogens is 1. The van der Waals surface area contributed by atoms with Crippen LogP contribution in [-0.2, 0) is 9.53 Å². The van der Waals surface area contributed by atoms with Crippen LogP contribution in [0.3, 0.4) is 0 Å². The molecule has 0 amide bonds. The van der Waals surface area contributed by atoms with Crippen LogP contribution in [-0.4, -0.2) is 37.1 Å². The largest absolute Gasteiger partial charge is 0.469 e. The molecule has 0 radical (unpaired) electrons. The minimum Gasteiger partial charge on any atom is -0.469 e. The molecule has 3 nitrogen and oxygen atoms in total. The van der Waals surface area contributed by atoms with Crippen LogP contribution in [0.1, 0.15) is 30.7 Å². The lowest BCUT2D eigenvalue weighted by Gasteiger charge is -2.41. The van der Waals surface area contributed by atoms with E-state index >= 15 is 0 Å². The predicted molar refractivity (Wildman–Crippen MR) is 86.6 cm³/mol. The van der Waals surface area contributed by atoms with Gasteiger partial charge in [-0.2, -0.15) is 0 Å². The standard InChI is InChI=1S/C16H20INO2/c1-18-12-7-8-14(18)15(16(19)20-2)13(9-12)10-3-5-11(17)6-4-10/h3-6,12-15H,7-9H2,1-2H3/t12-,13?,14+,15-/m0/s1. The molecule has 1 aromatic carbocycles. The number of fused-ring (bicyclic) bond motifs is 2. The molecule has 0 spiro atoms. The Balaban J connectivity index is 1.95. The fraction of sp³-hybridized carbons (Fsp3) is 0.562. The Labute approximate surface area is 133 Å². The number of nitrogens with zero attached hydrogens (tertiary/aromatic N) is 1. The number of ether oxygens (including phenoxy) is 1. The Morgan fingerprint density at radius 2 is 2.00 bits per heavy atom. The van der Waals surface area contributed by atoms with Crippen molar-refractivity contribution in [1.29, 1.82) is 0 Å². The average Bonchev–Trinajstić information content (AvgIpc) is 2.70. The van der Waals surface area contributed by atoms with E-state index in [2.05, 4.69) is 58.8 Å². The van der Waals surface area contributed by atoms with E-state index in [9.17, 15) is 4.79 Å². The third-order valence-electron chi connectivity index (χ3n) is 5.04. The zero-order chi connectivity index (χ0) is 14.3. The third kappa shape index (κ3) is 2.37. The summed E-state index contributed by atoms with van der Waals surface area (Å²) in [4.78, 5) is 14.7. The van der Waals surface area contributed by atoms with E-state index in [4.69, 9.17) is 4.74 Å². The molecule has 0 aromatic heterocycles. The molecule has 0 aliphatic carbocycles. The van der Waals surface area contributed by atoms with Gasteiger partial charge >= 0.3 is 5.97 Å². The van der Waals surface area contributed by atoms with E-state index in [0.29, 0.717) is 18.0 Å². The number of esters is 1. The quantitative estimate of drug-likeness (QED) is 0.579. The van der Waals surface area contributed by atoms with Crippen LogP contribution in [0.2, 0.25) is 0 Å². The van der Waals surface area contributed by atoms with E-state index in [0.717, 1.165) is 12.8 Å². The van der Waals surface area contributed by atoms with Gasteiger partial charge in [0.05, 0.1) is 13.0 Å². The van der Waals surface area contributed by atoms with E-state index in [-0.39, 0.29) is 11.9 Å². The Hall–Kier alpha value is -0.620. The van der Waals surface area contributed by atoms with E-state index in [1.807, 2.05) is 0 Å². The summed E-state index contributed by atoms with van der Waals surface area (Å²) in [6.07, 6.45) is 3.38. The Bertz CT molecular complexity index is 502. The molecular weight excluding hydrogens is 365 g/mol. The molecule has 3 rings (SSSR count). The van der Waals surface area contributed by atoms with Crippen molar-refractivity contribution in [1.82, 2.24) is 4.90 Å². The topological polar surface area (TPSA) is 29.5 Å². The first-order valence-corrected chi connectivity index (χ1v) is 8.25. The maximum Gasteiger partial charge on any atom is 0.310 e. The number of piperidine rings is 1. The van der Waals surface area contributed by atoms with Gasteiger partial charge in [0.15, 0.2) is 0 Å². The monoisotopic (exact) mass is 385 g/mol. The van der Waals surface area contributed by atoms with Gasteiger partial charge in [-0.25, -0.2) is 0 Å². The molecule has 108 valence electrons. The molecule has 0 N–H and O–H groups in total. The van der Waals surface area contributed by atoms with Crippen molar-refractivity contribution >= 4 is 28.6 Å². The molecule has 2 heterocycles. The number of carbonyl (C=O) groups excluding carboxylic acids is 1. The summed E-state index contributed by atoms with van der Waals surface area (Å²) in [5, 5.41) is 0. The van der Waals surface area contributed by atoms with Crippen molar-refractivity contribution in [2.75, 3.05) is 14.2 Å². The number of benzene rings is 1. The van der Waals surface area contributed by atoms with Crippen molar-refractivity contribution in [3.63, 3.8) is 0 Å². The molecular formula is C16H20INO2.